The minimum Gasteiger partial charge on any atom is -0.392 e. The number of hydrogen-bond donors (Lipinski definition) is 1. The van der Waals surface area contributed by atoms with Gasteiger partial charge in [-0.2, -0.15) is 5.10 Å². The van der Waals surface area contributed by atoms with Crippen LogP contribution in [-0.4, -0.2) is 81.8 Å². The van der Waals surface area contributed by atoms with Gasteiger partial charge in [0.05, 0.1) is 37.1 Å². The molecule has 2 aliphatic rings. The quantitative estimate of drug-likeness (QED) is 0.619. The van der Waals surface area contributed by atoms with Crippen molar-refractivity contribution in [2.45, 2.75) is 51.7 Å². The fourth-order valence-corrected chi connectivity index (χ4v) is 5.17. The van der Waals surface area contributed by atoms with Gasteiger partial charge in [-0.25, -0.2) is 14.6 Å². The number of piperidine rings is 1. The molecule has 1 atom stereocenters. The average Bonchev–Trinajstić information content (AvgIpc) is 3.14. The van der Waals surface area contributed by atoms with Gasteiger partial charge in [0.1, 0.15) is 11.6 Å². The van der Waals surface area contributed by atoms with Crippen molar-refractivity contribution in [2.75, 3.05) is 44.8 Å². The monoisotopic (exact) mass is 450 g/mol. The van der Waals surface area contributed by atoms with Crippen LogP contribution in [0, 0.1) is 13.8 Å². The molecule has 1 unspecified atom stereocenters. The van der Waals surface area contributed by atoms with Crippen molar-refractivity contribution >= 4 is 16.7 Å². The highest BCUT2D eigenvalue weighted by Crippen LogP contribution is 2.34. The number of fused-ring (bicyclic) bond motifs is 1. The largest absolute Gasteiger partial charge is 0.392 e. The number of aryl methyl sites for hydroxylation is 2. The summed E-state index contributed by atoms with van der Waals surface area (Å²) in [5, 5.41) is 15.6. The normalized spacial score (nSPS) is 19.1. The summed E-state index contributed by atoms with van der Waals surface area (Å²) in [6.07, 6.45) is 3.84. The molecule has 5 rings (SSSR count). The Morgan fingerprint density at radius 1 is 1.15 bits per heavy atom. The average molecular weight is 451 g/mol. The summed E-state index contributed by atoms with van der Waals surface area (Å²) in [5.41, 5.74) is 3.84. The van der Waals surface area contributed by atoms with Crippen LogP contribution >= 0.6 is 0 Å². The molecule has 2 aromatic heterocycles. The summed E-state index contributed by atoms with van der Waals surface area (Å²) in [7, 11) is 1.93. The van der Waals surface area contributed by atoms with Crippen molar-refractivity contribution in [1.82, 2.24) is 24.6 Å². The molecular weight excluding hydrogens is 416 g/mol. The van der Waals surface area contributed by atoms with Gasteiger partial charge in [0.2, 0.25) is 0 Å². The Morgan fingerprint density at radius 3 is 2.58 bits per heavy atom. The maximum Gasteiger partial charge on any atom is 0.159 e. The van der Waals surface area contributed by atoms with E-state index in [1.54, 1.807) is 6.92 Å². The Kier molecular flexibility index (Phi) is 6.07. The number of anilines is 1. The number of likely N-dealkylation sites (N-methyl/N-ethyl adjacent to an activating group) is 1. The highest BCUT2D eigenvalue weighted by Gasteiger charge is 2.30. The molecule has 1 aromatic carbocycles. The molecule has 0 saturated carbocycles. The highest BCUT2D eigenvalue weighted by atomic mass is 16.5. The molecule has 0 spiro atoms. The van der Waals surface area contributed by atoms with Crippen molar-refractivity contribution in [3.63, 3.8) is 0 Å². The molecule has 0 amide bonds. The van der Waals surface area contributed by atoms with Crippen molar-refractivity contribution < 1.29 is 9.84 Å². The van der Waals surface area contributed by atoms with Crippen molar-refractivity contribution in [3.05, 3.63) is 41.3 Å². The van der Waals surface area contributed by atoms with Gasteiger partial charge < -0.3 is 14.7 Å². The molecule has 33 heavy (non-hydrogen) atoms. The number of hydrogen-bond acceptors (Lipinski definition) is 7. The lowest BCUT2D eigenvalue weighted by Gasteiger charge is -2.41. The predicted molar refractivity (Wildman–Crippen MR) is 129 cm³/mol. The first-order valence-electron chi connectivity index (χ1n) is 11.9. The van der Waals surface area contributed by atoms with Crippen molar-refractivity contribution in [3.8, 4) is 5.82 Å². The molecule has 8 nitrogen and oxygen atoms in total. The maximum absolute atomic E-state index is 9.78. The van der Waals surface area contributed by atoms with E-state index >= 15 is 0 Å². The lowest BCUT2D eigenvalue weighted by Crippen LogP contribution is -2.51. The summed E-state index contributed by atoms with van der Waals surface area (Å²) in [6.45, 7) is 10.5. The SMILES string of the molecule is Cc1nc(N(C)CC(C)O)cc(-n2ncc3cc(C)c(C4CCN(C5COC5)CC4)cc32)n1. The van der Waals surface area contributed by atoms with Gasteiger partial charge in [0, 0.05) is 25.0 Å². The van der Waals surface area contributed by atoms with Gasteiger partial charge in [-0.1, -0.05) is 0 Å². The van der Waals surface area contributed by atoms with Gasteiger partial charge in [-0.15, -0.1) is 0 Å². The van der Waals surface area contributed by atoms with E-state index < -0.39 is 6.10 Å². The van der Waals surface area contributed by atoms with Gasteiger partial charge >= 0.3 is 0 Å². The van der Waals surface area contributed by atoms with E-state index in [1.807, 2.05) is 35.8 Å². The Hall–Kier alpha value is -2.55. The molecule has 4 heterocycles. The van der Waals surface area contributed by atoms with E-state index in [9.17, 15) is 5.11 Å². The number of aliphatic hydroxyl groups excluding tert-OH is 1. The van der Waals surface area contributed by atoms with Crippen LogP contribution in [0.5, 0.6) is 0 Å². The van der Waals surface area contributed by atoms with Crippen LogP contribution < -0.4 is 4.90 Å². The number of aliphatic hydroxyl groups is 1. The van der Waals surface area contributed by atoms with Crippen LogP contribution in [0.4, 0.5) is 5.82 Å². The molecular formula is C25H34N6O2. The second kappa shape index (κ2) is 9.00. The molecule has 0 bridgehead atoms. The lowest BCUT2D eigenvalue weighted by molar-refractivity contribution is -0.0712. The first-order valence-corrected chi connectivity index (χ1v) is 11.9. The predicted octanol–water partition coefficient (Wildman–Crippen LogP) is 2.83. The summed E-state index contributed by atoms with van der Waals surface area (Å²) >= 11 is 0. The van der Waals surface area contributed by atoms with Crippen LogP contribution in [0.25, 0.3) is 16.7 Å². The molecule has 8 heteroatoms. The summed E-state index contributed by atoms with van der Waals surface area (Å²) in [4.78, 5) is 13.8. The van der Waals surface area contributed by atoms with Crippen molar-refractivity contribution in [2.24, 2.45) is 0 Å². The first kappa shape index (κ1) is 22.3. The van der Waals surface area contributed by atoms with Crippen LogP contribution in [0.3, 0.4) is 0 Å². The Morgan fingerprint density at radius 2 is 1.91 bits per heavy atom. The van der Waals surface area contributed by atoms with E-state index in [4.69, 9.17) is 4.74 Å². The molecule has 2 aliphatic heterocycles. The number of benzene rings is 1. The van der Waals surface area contributed by atoms with E-state index in [0.29, 0.717) is 24.3 Å². The zero-order valence-corrected chi connectivity index (χ0v) is 20.0. The van der Waals surface area contributed by atoms with Crippen LogP contribution in [0.15, 0.2) is 24.4 Å². The molecule has 3 aromatic rings. The summed E-state index contributed by atoms with van der Waals surface area (Å²) in [6, 6.07) is 7.15. The van der Waals surface area contributed by atoms with Gasteiger partial charge in [0.25, 0.3) is 0 Å². The van der Waals surface area contributed by atoms with Crippen LogP contribution in [-0.2, 0) is 4.74 Å². The Bertz CT molecular complexity index is 1130. The second-order valence-corrected chi connectivity index (χ2v) is 9.69. The van der Waals surface area contributed by atoms with E-state index in [1.165, 1.54) is 24.0 Å². The van der Waals surface area contributed by atoms with Gasteiger partial charge in [0.15, 0.2) is 5.82 Å². The highest BCUT2D eigenvalue weighted by molar-refractivity contribution is 5.82. The van der Waals surface area contributed by atoms with Crippen molar-refractivity contribution in [1.29, 1.82) is 0 Å². The molecule has 1 N–H and O–H groups in total. The van der Waals surface area contributed by atoms with Gasteiger partial charge in [-0.3, -0.25) is 4.90 Å². The van der Waals surface area contributed by atoms with Crippen LogP contribution in [0.1, 0.15) is 42.6 Å². The van der Waals surface area contributed by atoms with E-state index in [-0.39, 0.29) is 0 Å². The fourth-order valence-electron chi connectivity index (χ4n) is 5.17. The number of rotatable bonds is 6. The smallest absolute Gasteiger partial charge is 0.159 e. The molecule has 0 aliphatic carbocycles. The Labute approximate surface area is 195 Å². The maximum atomic E-state index is 9.78. The zero-order valence-electron chi connectivity index (χ0n) is 20.0. The van der Waals surface area contributed by atoms with Crippen LogP contribution in [0.2, 0.25) is 0 Å². The standard InChI is InChI=1S/C25H34N6O2/c1-16-9-20-12-26-31(25-11-24(27-18(3)28-25)29(4)13-17(2)32)23(20)10-22(16)19-5-7-30(8-6-19)21-14-33-15-21/h9-12,17,19,21,32H,5-8,13-15H2,1-4H3. The number of nitrogens with zero attached hydrogens (tertiary/aromatic N) is 6. The molecule has 176 valence electrons. The third-order valence-electron chi connectivity index (χ3n) is 7.02. The number of aromatic nitrogens is 4. The molecule has 2 saturated heterocycles. The van der Waals surface area contributed by atoms with E-state index in [0.717, 1.165) is 48.8 Å². The molecule has 0 radical (unpaired) electrons. The van der Waals surface area contributed by atoms with Gasteiger partial charge in [-0.05, 0) is 75.9 Å². The Balaban J connectivity index is 1.45. The first-order chi connectivity index (χ1) is 15.9. The zero-order chi connectivity index (χ0) is 23.1. The number of ether oxygens (including phenoxy) is 1. The van der Waals surface area contributed by atoms with E-state index in [2.05, 4.69) is 39.0 Å². The molecule has 2 fully saturated rings. The minimum atomic E-state index is -0.437. The summed E-state index contributed by atoms with van der Waals surface area (Å²) < 4.78 is 7.31. The number of likely N-dealkylation sites (tertiary alicyclic amines) is 1. The third-order valence-corrected chi connectivity index (χ3v) is 7.02. The topological polar surface area (TPSA) is 79.5 Å². The fraction of sp³-hybridized carbons (Fsp3) is 0.560. The lowest BCUT2D eigenvalue weighted by atomic mass is 9.85. The second-order valence-electron chi connectivity index (χ2n) is 9.69. The third kappa shape index (κ3) is 4.47. The summed E-state index contributed by atoms with van der Waals surface area (Å²) in [5.74, 6) is 2.78. The minimum absolute atomic E-state index is 0.437.